The molecular formula is C19H20N4O. The first kappa shape index (κ1) is 14.8. The highest BCUT2D eigenvalue weighted by molar-refractivity contribution is 5.81. The first-order chi connectivity index (χ1) is 11.8. The van der Waals surface area contributed by atoms with Crippen LogP contribution >= 0.6 is 0 Å². The minimum Gasteiger partial charge on any atom is -0.368 e. The van der Waals surface area contributed by atoms with Crippen molar-refractivity contribution in [1.82, 2.24) is 14.5 Å². The summed E-state index contributed by atoms with van der Waals surface area (Å²) in [6.45, 7) is 3.63. The minimum absolute atomic E-state index is 0.158. The van der Waals surface area contributed by atoms with Crippen LogP contribution in [0.1, 0.15) is 0 Å². The maximum Gasteiger partial charge on any atom is 0.242 e. The number of pyridine rings is 1. The summed E-state index contributed by atoms with van der Waals surface area (Å²) >= 11 is 0. The third-order valence-corrected chi connectivity index (χ3v) is 4.58. The summed E-state index contributed by atoms with van der Waals surface area (Å²) in [4.78, 5) is 21.3. The molecule has 1 aliphatic rings. The zero-order valence-electron chi connectivity index (χ0n) is 13.5. The fraction of sp³-hybridized carbons (Fsp3) is 0.263. The van der Waals surface area contributed by atoms with Gasteiger partial charge in [-0.3, -0.25) is 4.79 Å². The molecule has 1 saturated heterocycles. The van der Waals surface area contributed by atoms with Crippen LogP contribution in [0.3, 0.4) is 0 Å². The first-order valence-electron chi connectivity index (χ1n) is 8.29. The molecule has 0 radical (unpaired) electrons. The molecule has 122 valence electrons. The maximum absolute atomic E-state index is 12.6. The molecule has 3 aromatic rings. The van der Waals surface area contributed by atoms with Gasteiger partial charge in [0.1, 0.15) is 12.2 Å². The van der Waals surface area contributed by atoms with Crippen LogP contribution in [-0.4, -0.2) is 46.5 Å². The molecule has 1 fully saturated rings. The monoisotopic (exact) mass is 320 g/mol. The number of aromatic nitrogens is 2. The molecule has 0 unspecified atom stereocenters. The number of anilines is 1. The smallest absolute Gasteiger partial charge is 0.242 e. The lowest BCUT2D eigenvalue weighted by atomic mass is 10.2. The molecule has 0 N–H and O–H groups in total. The standard InChI is InChI=1S/C19H20N4O/c24-18(15-23-10-8-16-5-4-9-20-19(16)23)22-13-11-21(12-14-22)17-6-2-1-3-7-17/h1-10H,11-15H2. The number of piperazine rings is 1. The molecule has 0 saturated carbocycles. The molecular weight excluding hydrogens is 300 g/mol. The summed E-state index contributed by atoms with van der Waals surface area (Å²) in [5, 5.41) is 1.07. The first-order valence-corrected chi connectivity index (χ1v) is 8.29. The quantitative estimate of drug-likeness (QED) is 0.744. The summed E-state index contributed by atoms with van der Waals surface area (Å²) in [6.07, 6.45) is 3.71. The Hall–Kier alpha value is -2.82. The van der Waals surface area contributed by atoms with E-state index in [0.717, 1.165) is 37.2 Å². The van der Waals surface area contributed by atoms with Crippen LogP contribution in [0.4, 0.5) is 5.69 Å². The van der Waals surface area contributed by atoms with Crippen LogP contribution in [0.2, 0.25) is 0 Å². The normalized spacial score (nSPS) is 15.0. The van der Waals surface area contributed by atoms with E-state index >= 15 is 0 Å². The highest BCUT2D eigenvalue weighted by atomic mass is 16.2. The van der Waals surface area contributed by atoms with Gasteiger partial charge in [0.05, 0.1) is 0 Å². The van der Waals surface area contributed by atoms with Gasteiger partial charge in [-0.2, -0.15) is 0 Å². The van der Waals surface area contributed by atoms with Gasteiger partial charge in [0.25, 0.3) is 0 Å². The average Bonchev–Trinajstić information content (AvgIpc) is 3.06. The number of benzene rings is 1. The Morgan fingerprint density at radius 3 is 2.54 bits per heavy atom. The van der Waals surface area contributed by atoms with Crippen molar-refractivity contribution < 1.29 is 4.79 Å². The Morgan fingerprint density at radius 1 is 0.958 bits per heavy atom. The highest BCUT2D eigenvalue weighted by Crippen LogP contribution is 2.16. The number of carbonyl (C=O) groups is 1. The van der Waals surface area contributed by atoms with E-state index in [-0.39, 0.29) is 5.91 Å². The Kier molecular flexibility index (Phi) is 3.91. The van der Waals surface area contributed by atoms with Crippen LogP contribution in [0.25, 0.3) is 11.0 Å². The van der Waals surface area contributed by atoms with Crippen molar-refractivity contribution in [3.63, 3.8) is 0 Å². The molecule has 5 nitrogen and oxygen atoms in total. The lowest BCUT2D eigenvalue weighted by Crippen LogP contribution is -2.49. The van der Waals surface area contributed by atoms with Crippen molar-refractivity contribution in [2.75, 3.05) is 31.1 Å². The van der Waals surface area contributed by atoms with Crippen LogP contribution in [-0.2, 0) is 11.3 Å². The van der Waals surface area contributed by atoms with E-state index in [1.807, 2.05) is 39.9 Å². The van der Waals surface area contributed by atoms with Gasteiger partial charge in [-0.05, 0) is 30.3 Å². The predicted octanol–water partition coefficient (Wildman–Crippen LogP) is 2.39. The van der Waals surface area contributed by atoms with Gasteiger partial charge in [0, 0.05) is 49.6 Å². The van der Waals surface area contributed by atoms with Crippen molar-refractivity contribution in [3.8, 4) is 0 Å². The van der Waals surface area contributed by atoms with Crippen LogP contribution in [0.5, 0.6) is 0 Å². The van der Waals surface area contributed by atoms with Gasteiger partial charge < -0.3 is 14.4 Å². The largest absolute Gasteiger partial charge is 0.368 e. The van der Waals surface area contributed by atoms with E-state index < -0.39 is 0 Å². The third-order valence-electron chi connectivity index (χ3n) is 4.58. The highest BCUT2D eigenvalue weighted by Gasteiger charge is 2.21. The van der Waals surface area contributed by atoms with Crippen molar-refractivity contribution in [3.05, 3.63) is 60.9 Å². The molecule has 0 spiro atoms. The molecule has 1 aliphatic heterocycles. The summed E-state index contributed by atoms with van der Waals surface area (Å²) in [6, 6.07) is 16.3. The zero-order valence-corrected chi connectivity index (χ0v) is 13.5. The number of carbonyl (C=O) groups excluding carboxylic acids is 1. The number of nitrogens with zero attached hydrogens (tertiary/aromatic N) is 4. The summed E-state index contributed by atoms with van der Waals surface area (Å²) in [5.74, 6) is 0.158. The van der Waals surface area contributed by atoms with E-state index in [1.54, 1.807) is 6.20 Å². The lowest BCUT2D eigenvalue weighted by molar-refractivity contribution is -0.132. The van der Waals surface area contributed by atoms with Crippen molar-refractivity contribution >= 4 is 22.6 Å². The summed E-state index contributed by atoms with van der Waals surface area (Å²) < 4.78 is 1.93. The molecule has 3 heterocycles. The Bertz CT molecular complexity index is 835. The minimum atomic E-state index is 0.158. The van der Waals surface area contributed by atoms with E-state index in [2.05, 4.69) is 34.1 Å². The van der Waals surface area contributed by atoms with E-state index in [0.29, 0.717) is 6.54 Å². The lowest BCUT2D eigenvalue weighted by Gasteiger charge is -2.36. The van der Waals surface area contributed by atoms with Gasteiger partial charge in [-0.25, -0.2) is 4.98 Å². The van der Waals surface area contributed by atoms with Crippen LogP contribution in [0.15, 0.2) is 60.9 Å². The Labute approximate surface area is 141 Å². The predicted molar refractivity (Wildman–Crippen MR) is 95.0 cm³/mol. The average molecular weight is 320 g/mol. The zero-order chi connectivity index (χ0) is 16.4. The second-order valence-corrected chi connectivity index (χ2v) is 6.06. The number of amides is 1. The Morgan fingerprint density at radius 2 is 1.75 bits per heavy atom. The molecule has 0 atom stereocenters. The topological polar surface area (TPSA) is 41.4 Å². The van der Waals surface area contributed by atoms with Gasteiger partial charge in [0.15, 0.2) is 0 Å². The van der Waals surface area contributed by atoms with Gasteiger partial charge in [-0.15, -0.1) is 0 Å². The third kappa shape index (κ3) is 2.85. The van der Waals surface area contributed by atoms with Crippen molar-refractivity contribution in [2.45, 2.75) is 6.54 Å². The number of hydrogen-bond donors (Lipinski definition) is 0. The molecule has 24 heavy (non-hydrogen) atoms. The van der Waals surface area contributed by atoms with E-state index in [9.17, 15) is 4.79 Å². The molecule has 0 bridgehead atoms. The fourth-order valence-electron chi connectivity index (χ4n) is 3.25. The number of para-hydroxylation sites is 1. The van der Waals surface area contributed by atoms with E-state index in [4.69, 9.17) is 0 Å². The molecule has 5 heteroatoms. The van der Waals surface area contributed by atoms with Crippen molar-refractivity contribution in [1.29, 1.82) is 0 Å². The molecule has 0 aliphatic carbocycles. The van der Waals surface area contributed by atoms with Crippen LogP contribution < -0.4 is 4.90 Å². The molecule has 1 amide bonds. The van der Waals surface area contributed by atoms with Crippen LogP contribution in [0, 0.1) is 0 Å². The number of hydrogen-bond acceptors (Lipinski definition) is 3. The summed E-state index contributed by atoms with van der Waals surface area (Å²) in [5.41, 5.74) is 2.10. The molecule has 2 aromatic heterocycles. The summed E-state index contributed by atoms with van der Waals surface area (Å²) in [7, 11) is 0. The molecule has 4 rings (SSSR count). The van der Waals surface area contributed by atoms with Crippen molar-refractivity contribution in [2.24, 2.45) is 0 Å². The number of fused-ring (bicyclic) bond motifs is 1. The fourth-order valence-corrected chi connectivity index (χ4v) is 3.25. The van der Waals surface area contributed by atoms with Gasteiger partial charge in [-0.1, -0.05) is 18.2 Å². The SMILES string of the molecule is O=C(Cn1ccc2cccnc21)N1CCN(c2ccccc2)CC1. The second-order valence-electron chi connectivity index (χ2n) is 6.06. The molecule has 1 aromatic carbocycles. The number of rotatable bonds is 3. The van der Waals surface area contributed by atoms with Gasteiger partial charge in [0.2, 0.25) is 5.91 Å². The van der Waals surface area contributed by atoms with Gasteiger partial charge >= 0.3 is 0 Å². The second kappa shape index (κ2) is 6.35. The Balaban J connectivity index is 1.40. The van der Waals surface area contributed by atoms with E-state index in [1.165, 1.54) is 5.69 Å². The maximum atomic E-state index is 12.6.